The topological polar surface area (TPSA) is 68.0 Å². The fourth-order valence-electron chi connectivity index (χ4n) is 8.80. The number of carbonyl (C=O) groups is 1. The number of rotatable bonds is 3. The van der Waals surface area contributed by atoms with Gasteiger partial charge in [-0.15, -0.1) is 0 Å². The highest BCUT2D eigenvalue weighted by Gasteiger charge is 2.65. The summed E-state index contributed by atoms with van der Waals surface area (Å²) in [6, 6.07) is 0. The van der Waals surface area contributed by atoms with Crippen LogP contribution in [0.4, 0.5) is 0 Å². The lowest BCUT2D eigenvalue weighted by atomic mass is 9.49. The molecule has 5 heteroatoms. The lowest BCUT2D eigenvalue weighted by Crippen LogP contribution is -2.50. The molecule has 0 amide bonds. The zero-order chi connectivity index (χ0) is 19.1. The van der Waals surface area contributed by atoms with Crippen molar-refractivity contribution in [2.45, 2.75) is 76.9 Å². The van der Waals surface area contributed by atoms with E-state index in [2.05, 4.69) is 17.0 Å². The Bertz CT molecular complexity index is 779. The van der Waals surface area contributed by atoms with Crippen molar-refractivity contribution in [1.82, 2.24) is 14.8 Å². The molecule has 9 atom stereocenters. The number of fused-ring (bicyclic) bond motifs is 7. The van der Waals surface area contributed by atoms with Crippen molar-refractivity contribution in [2.24, 2.45) is 46.8 Å². The first kappa shape index (κ1) is 17.6. The van der Waals surface area contributed by atoms with E-state index < -0.39 is 0 Å². The Morgan fingerprint density at radius 2 is 1.79 bits per heavy atom. The van der Waals surface area contributed by atoms with Crippen LogP contribution in [0.25, 0.3) is 0 Å². The minimum absolute atomic E-state index is 0.181. The van der Waals surface area contributed by atoms with Crippen molar-refractivity contribution < 1.29 is 9.90 Å². The zero-order valence-electron chi connectivity index (χ0n) is 17.0. The second-order valence-corrected chi connectivity index (χ2v) is 11.0. The van der Waals surface area contributed by atoms with Crippen molar-refractivity contribution >= 4 is 5.78 Å². The number of nitrogens with zero attached hydrogens (tertiary/aromatic N) is 3. The monoisotopic (exact) mass is 383 g/mol. The van der Waals surface area contributed by atoms with E-state index in [0.29, 0.717) is 18.2 Å². The molecule has 0 aromatic carbocycles. The molecule has 0 aliphatic heterocycles. The SMILES string of the molecule is C[C@]12CC[C@@H]3[C@H]4CC[C@]5(O)CC5[C@@H]4CC[C@H]3[C@@H]1CC[C@@H]2C(=O)Cn1cncn1. The van der Waals surface area contributed by atoms with Crippen molar-refractivity contribution in [2.75, 3.05) is 0 Å². The fourth-order valence-corrected chi connectivity index (χ4v) is 8.80. The number of Topliss-reactive ketones (excluding diaryl/α,β-unsaturated/α-hetero) is 1. The van der Waals surface area contributed by atoms with Gasteiger partial charge in [0.15, 0.2) is 5.78 Å². The molecular weight excluding hydrogens is 350 g/mol. The predicted octanol–water partition coefficient (Wildman–Crippen LogP) is 3.48. The molecule has 5 saturated carbocycles. The molecule has 1 heterocycles. The summed E-state index contributed by atoms with van der Waals surface area (Å²) in [7, 11) is 0. The maximum absolute atomic E-state index is 13.1. The number of hydrogen-bond donors (Lipinski definition) is 1. The quantitative estimate of drug-likeness (QED) is 0.868. The molecule has 152 valence electrons. The van der Waals surface area contributed by atoms with Gasteiger partial charge in [0.1, 0.15) is 19.2 Å². The molecule has 1 aromatic rings. The lowest BCUT2D eigenvalue weighted by Gasteiger charge is -2.56. The Hall–Kier alpha value is -1.23. The molecule has 6 rings (SSSR count). The Morgan fingerprint density at radius 1 is 1.04 bits per heavy atom. The zero-order valence-corrected chi connectivity index (χ0v) is 17.0. The van der Waals surface area contributed by atoms with E-state index in [1.54, 1.807) is 11.0 Å². The first-order chi connectivity index (χ1) is 13.5. The van der Waals surface area contributed by atoms with Crippen LogP contribution in [-0.2, 0) is 11.3 Å². The van der Waals surface area contributed by atoms with E-state index in [0.717, 1.165) is 48.9 Å². The Balaban J connectivity index is 1.21. The molecule has 0 bridgehead atoms. The highest BCUT2D eigenvalue weighted by atomic mass is 16.3. The number of aromatic nitrogens is 3. The van der Waals surface area contributed by atoms with Crippen LogP contribution >= 0.6 is 0 Å². The third-order valence-corrected chi connectivity index (χ3v) is 10.1. The molecule has 0 saturated heterocycles. The molecule has 1 unspecified atom stereocenters. The van der Waals surface area contributed by atoms with Crippen LogP contribution < -0.4 is 0 Å². The predicted molar refractivity (Wildman–Crippen MR) is 104 cm³/mol. The van der Waals surface area contributed by atoms with Crippen molar-refractivity contribution in [3.8, 4) is 0 Å². The van der Waals surface area contributed by atoms with Gasteiger partial charge in [-0.05, 0) is 98.7 Å². The second kappa shape index (κ2) is 5.90. The van der Waals surface area contributed by atoms with Gasteiger partial charge < -0.3 is 5.11 Å². The van der Waals surface area contributed by atoms with Gasteiger partial charge in [-0.1, -0.05) is 6.92 Å². The summed E-state index contributed by atoms with van der Waals surface area (Å²) in [4.78, 5) is 17.1. The average molecular weight is 384 g/mol. The van der Waals surface area contributed by atoms with Crippen molar-refractivity contribution in [3.05, 3.63) is 12.7 Å². The number of hydrogen-bond acceptors (Lipinski definition) is 4. The lowest BCUT2D eigenvalue weighted by molar-refractivity contribution is -0.131. The summed E-state index contributed by atoms with van der Waals surface area (Å²) in [5, 5.41) is 14.8. The van der Waals surface area contributed by atoms with E-state index >= 15 is 0 Å². The van der Waals surface area contributed by atoms with Crippen LogP contribution in [0, 0.1) is 46.8 Å². The maximum Gasteiger partial charge on any atom is 0.157 e. The molecule has 1 N–H and O–H groups in total. The largest absolute Gasteiger partial charge is 0.390 e. The first-order valence-electron chi connectivity index (χ1n) is 11.6. The van der Waals surface area contributed by atoms with Gasteiger partial charge in [0, 0.05) is 5.92 Å². The van der Waals surface area contributed by atoms with E-state index in [1.807, 2.05) is 0 Å². The summed E-state index contributed by atoms with van der Waals surface area (Å²) < 4.78 is 1.69. The Morgan fingerprint density at radius 3 is 2.54 bits per heavy atom. The summed E-state index contributed by atoms with van der Waals surface area (Å²) in [5.74, 6) is 5.19. The van der Waals surface area contributed by atoms with Crippen molar-refractivity contribution in [3.63, 3.8) is 0 Å². The van der Waals surface area contributed by atoms with Crippen LogP contribution in [0.1, 0.15) is 64.7 Å². The van der Waals surface area contributed by atoms with Crippen molar-refractivity contribution in [1.29, 1.82) is 0 Å². The molecular formula is C23H33N3O2. The number of carbonyl (C=O) groups excluding carboxylic acids is 1. The van der Waals surface area contributed by atoms with Gasteiger partial charge >= 0.3 is 0 Å². The first-order valence-corrected chi connectivity index (χ1v) is 11.6. The van der Waals surface area contributed by atoms with Gasteiger partial charge in [-0.3, -0.25) is 4.79 Å². The smallest absolute Gasteiger partial charge is 0.157 e. The molecule has 5 aliphatic carbocycles. The van der Waals surface area contributed by atoms with E-state index in [9.17, 15) is 9.90 Å². The van der Waals surface area contributed by atoms with Gasteiger partial charge in [-0.2, -0.15) is 5.10 Å². The Labute approximate surface area is 167 Å². The second-order valence-electron chi connectivity index (χ2n) is 11.0. The molecule has 0 spiro atoms. The van der Waals surface area contributed by atoms with E-state index in [1.165, 1.54) is 44.9 Å². The Kier molecular flexibility index (Phi) is 3.71. The van der Waals surface area contributed by atoms with Gasteiger partial charge in [0.2, 0.25) is 0 Å². The number of ketones is 1. The third-order valence-electron chi connectivity index (χ3n) is 10.1. The van der Waals surface area contributed by atoms with E-state index in [-0.39, 0.29) is 16.9 Å². The highest BCUT2D eigenvalue weighted by Crippen LogP contribution is 2.68. The minimum atomic E-state index is -0.274. The van der Waals surface area contributed by atoms with Gasteiger partial charge in [-0.25, -0.2) is 9.67 Å². The summed E-state index contributed by atoms with van der Waals surface area (Å²) >= 11 is 0. The maximum atomic E-state index is 13.1. The molecule has 1 aromatic heterocycles. The molecule has 5 aliphatic rings. The molecule has 5 nitrogen and oxygen atoms in total. The minimum Gasteiger partial charge on any atom is -0.390 e. The van der Waals surface area contributed by atoms with Crippen LogP contribution in [0.5, 0.6) is 0 Å². The summed E-state index contributed by atoms with van der Waals surface area (Å²) in [6.07, 6.45) is 14.0. The average Bonchev–Trinajstić information content (AvgIpc) is 3.00. The fraction of sp³-hybridized carbons (Fsp3) is 0.870. The molecule has 28 heavy (non-hydrogen) atoms. The standard InChI is InChI=1S/C23H33N3O2/c1-22-8-6-14-15-7-9-23(28)10-20(23)17(15)3-2-16(14)18(22)4-5-19(22)21(27)11-26-13-24-12-25-26/h12-20,28H,2-11H2,1H3/t14-,15-,16-,17-,18+,19-,20?,22+,23+/m1/s1. The highest BCUT2D eigenvalue weighted by molar-refractivity contribution is 5.82. The van der Waals surface area contributed by atoms with E-state index in [4.69, 9.17) is 0 Å². The normalized spacial score (nSPS) is 51.6. The number of aliphatic hydroxyl groups is 1. The van der Waals surface area contributed by atoms with Crippen LogP contribution in [0.15, 0.2) is 12.7 Å². The summed E-state index contributed by atoms with van der Waals surface area (Å²) in [6.45, 7) is 2.81. The van der Waals surface area contributed by atoms with Crippen LogP contribution in [-0.4, -0.2) is 31.3 Å². The molecule has 0 radical (unpaired) electrons. The summed E-state index contributed by atoms with van der Waals surface area (Å²) in [5.41, 5.74) is -0.0932. The van der Waals surface area contributed by atoms with Crippen LogP contribution in [0.2, 0.25) is 0 Å². The van der Waals surface area contributed by atoms with Gasteiger partial charge in [0.25, 0.3) is 0 Å². The van der Waals surface area contributed by atoms with Gasteiger partial charge in [0.05, 0.1) is 5.60 Å². The third kappa shape index (κ3) is 2.37. The van der Waals surface area contributed by atoms with Crippen LogP contribution in [0.3, 0.4) is 0 Å². The molecule has 5 fully saturated rings.